The Balaban J connectivity index is 1.68. The van der Waals surface area contributed by atoms with Crippen molar-refractivity contribution in [2.24, 2.45) is 7.05 Å². The molecule has 7 nitrogen and oxygen atoms in total. The SMILES string of the molecule is Cn1cc([N+](=O)[O-])cc1C(=O)NCCc1cccc2cccnc12. The molecule has 0 saturated heterocycles. The van der Waals surface area contributed by atoms with E-state index in [1.54, 1.807) is 13.2 Å². The lowest BCUT2D eigenvalue weighted by molar-refractivity contribution is -0.384. The van der Waals surface area contributed by atoms with Crippen LogP contribution in [0.15, 0.2) is 48.8 Å². The van der Waals surface area contributed by atoms with Gasteiger partial charge in [0.1, 0.15) is 5.69 Å². The molecule has 0 spiro atoms. The van der Waals surface area contributed by atoms with Gasteiger partial charge >= 0.3 is 0 Å². The number of benzene rings is 1. The van der Waals surface area contributed by atoms with E-state index in [0.717, 1.165) is 16.5 Å². The van der Waals surface area contributed by atoms with Crippen molar-refractivity contribution >= 4 is 22.5 Å². The van der Waals surface area contributed by atoms with Gasteiger partial charge in [0.25, 0.3) is 11.6 Å². The summed E-state index contributed by atoms with van der Waals surface area (Å²) >= 11 is 0. The van der Waals surface area contributed by atoms with Crippen molar-refractivity contribution in [3.05, 3.63) is 70.2 Å². The number of nitrogens with one attached hydrogen (secondary N) is 1. The van der Waals surface area contributed by atoms with Gasteiger partial charge in [0.15, 0.2) is 0 Å². The van der Waals surface area contributed by atoms with E-state index in [9.17, 15) is 14.9 Å². The van der Waals surface area contributed by atoms with Crippen LogP contribution >= 0.6 is 0 Å². The third-order valence-corrected chi connectivity index (χ3v) is 3.83. The zero-order chi connectivity index (χ0) is 17.1. The third kappa shape index (κ3) is 3.10. The van der Waals surface area contributed by atoms with E-state index < -0.39 is 4.92 Å². The van der Waals surface area contributed by atoms with Crippen LogP contribution < -0.4 is 5.32 Å². The highest BCUT2D eigenvalue weighted by atomic mass is 16.6. The Kier molecular flexibility index (Phi) is 4.24. The number of pyridine rings is 1. The van der Waals surface area contributed by atoms with Gasteiger partial charge in [-0.05, 0) is 18.1 Å². The quantitative estimate of drug-likeness (QED) is 0.576. The van der Waals surface area contributed by atoms with Gasteiger partial charge in [-0.1, -0.05) is 24.3 Å². The van der Waals surface area contributed by atoms with Gasteiger partial charge in [-0.3, -0.25) is 19.9 Å². The number of nitro groups is 1. The van der Waals surface area contributed by atoms with Crippen molar-refractivity contribution < 1.29 is 9.72 Å². The van der Waals surface area contributed by atoms with Crippen LogP contribution in [0.3, 0.4) is 0 Å². The van der Waals surface area contributed by atoms with E-state index in [4.69, 9.17) is 0 Å². The number of carbonyl (C=O) groups excluding carboxylic acids is 1. The number of rotatable bonds is 5. The number of aromatic nitrogens is 2. The van der Waals surface area contributed by atoms with E-state index in [0.29, 0.717) is 13.0 Å². The summed E-state index contributed by atoms with van der Waals surface area (Å²) in [7, 11) is 1.61. The molecule has 0 bridgehead atoms. The molecule has 0 atom stereocenters. The predicted molar refractivity (Wildman–Crippen MR) is 89.8 cm³/mol. The second-order valence-electron chi connectivity index (χ2n) is 5.45. The minimum absolute atomic E-state index is 0.0964. The average molecular weight is 324 g/mol. The maximum atomic E-state index is 12.2. The fourth-order valence-corrected chi connectivity index (χ4v) is 2.64. The fraction of sp³-hybridized carbons (Fsp3) is 0.176. The number of amides is 1. The molecule has 1 aromatic carbocycles. The summed E-state index contributed by atoms with van der Waals surface area (Å²) in [4.78, 5) is 26.8. The lowest BCUT2D eigenvalue weighted by Gasteiger charge is -2.07. The Labute approximate surface area is 138 Å². The van der Waals surface area contributed by atoms with Gasteiger partial charge < -0.3 is 9.88 Å². The number of hydrogen-bond acceptors (Lipinski definition) is 4. The Morgan fingerprint density at radius 1 is 1.33 bits per heavy atom. The van der Waals surface area contributed by atoms with E-state index in [1.165, 1.54) is 16.8 Å². The molecule has 1 N–H and O–H groups in total. The molecule has 0 aliphatic carbocycles. The smallest absolute Gasteiger partial charge is 0.287 e. The van der Waals surface area contributed by atoms with Crippen LogP contribution in [0.4, 0.5) is 5.69 Å². The van der Waals surface area contributed by atoms with E-state index in [1.807, 2.05) is 30.3 Å². The number of fused-ring (bicyclic) bond motifs is 1. The van der Waals surface area contributed by atoms with Crippen LogP contribution in [-0.2, 0) is 13.5 Å². The Morgan fingerprint density at radius 2 is 2.12 bits per heavy atom. The van der Waals surface area contributed by atoms with Crippen LogP contribution in [0.1, 0.15) is 16.1 Å². The number of hydrogen-bond donors (Lipinski definition) is 1. The van der Waals surface area contributed by atoms with Gasteiger partial charge in [-0.2, -0.15) is 0 Å². The first-order chi connectivity index (χ1) is 11.6. The first-order valence-corrected chi connectivity index (χ1v) is 7.48. The van der Waals surface area contributed by atoms with Crippen molar-refractivity contribution in [2.75, 3.05) is 6.54 Å². The summed E-state index contributed by atoms with van der Waals surface area (Å²) < 4.78 is 1.45. The molecular formula is C17H16N4O3. The number of carbonyl (C=O) groups is 1. The van der Waals surface area contributed by atoms with Crippen LogP contribution in [-0.4, -0.2) is 26.9 Å². The second kappa shape index (κ2) is 6.49. The van der Waals surface area contributed by atoms with Gasteiger partial charge in [0.05, 0.1) is 16.6 Å². The summed E-state index contributed by atoms with van der Waals surface area (Å²) in [5.74, 6) is -0.334. The molecular weight excluding hydrogens is 308 g/mol. The van der Waals surface area contributed by atoms with E-state index in [2.05, 4.69) is 10.3 Å². The molecule has 3 aromatic rings. The van der Waals surface area contributed by atoms with Crippen molar-refractivity contribution in [3.63, 3.8) is 0 Å². The first kappa shape index (κ1) is 15.7. The van der Waals surface area contributed by atoms with Crippen LogP contribution in [0.2, 0.25) is 0 Å². The first-order valence-electron chi connectivity index (χ1n) is 7.48. The highest BCUT2D eigenvalue weighted by Crippen LogP contribution is 2.17. The molecule has 0 unspecified atom stereocenters. The zero-order valence-electron chi connectivity index (χ0n) is 13.1. The fourth-order valence-electron chi connectivity index (χ4n) is 2.64. The normalized spacial score (nSPS) is 10.7. The average Bonchev–Trinajstić information content (AvgIpc) is 2.97. The molecule has 0 radical (unpaired) electrons. The van der Waals surface area contributed by atoms with Gasteiger partial charge in [-0.15, -0.1) is 0 Å². The molecule has 3 rings (SSSR count). The minimum atomic E-state index is -0.515. The largest absolute Gasteiger partial charge is 0.350 e. The molecule has 122 valence electrons. The topological polar surface area (TPSA) is 90.1 Å². The summed E-state index contributed by atoms with van der Waals surface area (Å²) in [5, 5.41) is 14.6. The number of aryl methyl sites for hydroxylation is 1. The summed E-state index contributed by atoms with van der Waals surface area (Å²) in [6, 6.07) is 11.1. The van der Waals surface area contributed by atoms with Crippen molar-refractivity contribution in [1.82, 2.24) is 14.9 Å². The molecule has 0 aliphatic heterocycles. The summed E-state index contributed by atoms with van der Waals surface area (Å²) in [6.45, 7) is 0.424. The monoisotopic (exact) mass is 324 g/mol. The van der Waals surface area contributed by atoms with Crippen LogP contribution in [0.25, 0.3) is 10.9 Å². The lowest BCUT2D eigenvalue weighted by Crippen LogP contribution is -2.27. The maximum absolute atomic E-state index is 12.2. The minimum Gasteiger partial charge on any atom is -0.350 e. The van der Waals surface area contributed by atoms with E-state index in [-0.39, 0.29) is 17.3 Å². The molecule has 0 aliphatic rings. The van der Waals surface area contributed by atoms with Gasteiger partial charge in [0, 0.05) is 31.2 Å². The Hall–Kier alpha value is -3.22. The van der Waals surface area contributed by atoms with Crippen LogP contribution in [0, 0.1) is 10.1 Å². The third-order valence-electron chi connectivity index (χ3n) is 3.83. The Morgan fingerprint density at radius 3 is 2.88 bits per heavy atom. The second-order valence-corrected chi connectivity index (χ2v) is 5.45. The Bertz CT molecular complexity index is 912. The summed E-state index contributed by atoms with van der Waals surface area (Å²) in [5.41, 5.74) is 2.13. The van der Waals surface area contributed by atoms with Crippen molar-refractivity contribution in [3.8, 4) is 0 Å². The van der Waals surface area contributed by atoms with Gasteiger partial charge in [0.2, 0.25) is 0 Å². The number of nitrogens with zero attached hydrogens (tertiary/aromatic N) is 3. The van der Waals surface area contributed by atoms with Crippen molar-refractivity contribution in [2.45, 2.75) is 6.42 Å². The maximum Gasteiger partial charge on any atom is 0.287 e. The molecule has 2 aromatic heterocycles. The van der Waals surface area contributed by atoms with Gasteiger partial charge in [-0.25, -0.2) is 0 Å². The van der Waals surface area contributed by atoms with Crippen LogP contribution in [0.5, 0.6) is 0 Å². The van der Waals surface area contributed by atoms with Crippen molar-refractivity contribution in [1.29, 1.82) is 0 Å². The molecule has 7 heteroatoms. The number of para-hydroxylation sites is 1. The molecule has 2 heterocycles. The predicted octanol–water partition coefficient (Wildman–Crippen LogP) is 2.45. The molecule has 1 amide bonds. The summed E-state index contributed by atoms with van der Waals surface area (Å²) in [6.07, 6.45) is 3.70. The molecule has 24 heavy (non-hydrogen) atoms. The standard InChI is InChI=1S/C17H16N4O3/c1-20-11-14(21(23)24)10-15(20)17(22)19-9-7-13-5-2-4-12-6-3-8-18-16(12)13/h2-6,8,10-11H,7,9H2,1H3,(H,19,22). The highest BCUT2D eigenvalue weighted by molar-refractivity contribution is 5.93. The lowest BCUT2D eigenvalue weighted by atomic mass is 10.1. The molecule has 0 saturated carbocycles. The molecule has 0 fully saturated rings. The van der Waals surface area contributed by atoms with E-state index >= 15 is 0 Å². The highest BCUT2D eigenvalue weighted by Gasteiger charge is 2.17. The zero-order valence-corrected chi connectivity index (χ0v) is 13.1.